The summed E-state index contributed by atoms with van der Waals surface area (Å²) in [4.78, 5) is 26.1. The standard InChI is InChI=1S/C20H18FN3O5S/c1-13(25)16-5-2-6-17(19(16)21)18-10-14(7-9-23-20(26)27)12-24(18)30(28,29)15-4-3-8-22-11-15/h2-6,8,10-12,23H,7,9H2,1H3,(H,26,27). The number of nitrogens with zero attached hydrogens (tertiary/aromatic N) is 2. The highest BCUT2D eigenvalue weighted by Crippen LogP contribution is 2.30. The van der Waals surface area contributed by atoms with Gasteiger partial charge in [-0.3, -0.25) is 9.78 Å². The van der Waals surface area contributed by atoms with E-state index >= 15 is 4.39 Å². The summed E-state index contributed by atoms with van der Waals surface area (Å²) < 4.78 is 42.3. The van der Waals surface area contributed by atoms with Gasteiger partial charge in [-0.1, -0.05) is 6.07 Å². The molecule has 1 aromatic carbocycles. The zero-order valence-corrected chi connectivity index (χ0v) is 16.7. The van der Waals surface area contributed by atoms with Gasteiger partial charge in [0.2, 0.25) is 0 Å². The molecule has 2 aromatic heterocycles. The van der Waals surface area contributed by atoms with E-state index in [2.05, 4.69) is 10.3 Å². The predicted octanol–water partition coefficient (Wildman–Crippen LogP) is 2.94. The second-order valence-corrected chi connectivity index (χ2v) is 8.24. The fourth-order valence-corrected chi connectivity index (χ4v) is 4.31. The van der Waals surface area contributed by atoms with Crippen LogP contribution in [0.25, 0.3) is 11.3 Å². The van der Waals surface area contributed by atoms with Gasteiger partial charge in [-0.05, 0) is 49.2 Å². The highest BCUT2D eigenvalue weighted by molar-refractivity contribution is 7.90. The summed E-state index contributed by atoms with van der Waals surface area (Å²) in [6.07, 6.45) is 2.88. The molecule has 0 aliphatic rings. The Kier molecular flexibility index (Phi) is 5.97. The van der Waals surface area contributed by atoms with Crippen molar-refractivity contribution in [3.05, 3.63) is 71.9 Å². The van der Waals surface area contributed by atoms with E-state index in [1.54, 1.807) is 0 Å². The molecule has 3 rings (SSSR count). The first-order valence-electron chi connectivity index (χ1n) is 8.85. The normalized spacial score (nSPS) is 11.3. The largest absolute Gasteiger partial charge is 0.465 e. The van der Waals surface area contributed by atoms with Gasteiger partial charge in [-0.25, -0.2) is 21.6 Å². The van der Waals surface area contributed by atoms with E-state index in [-0.39, 0.29) is 34.7 Å². The highest BCUT2D eigenvalue weighted by Gasteiger charge is 2.24. The maximum atomic E-state index is 15.0. The van der Waals surface area contributed by atoms with Crippen LogP contribution in [0.2, 0.25) is 0 Å². The van der Waals surface area contributed by atoms with Crippen molar-refractivity contribution in [1.29, 1.82) is 0 Å². The molecule has 0 fully saturated rings. The predicted molar refractivity (Wildman–Crippen MR) is 106 cm³/mol. The van der Waals surface area contributed by atoms with E-state index in [4.69, 9.17) is 5.11 Å². The summed E-state index contributed by atoms with van der Waals surface area (Å²) in [5, 5.41) is 10.9. The Balaban J connectivity index is 2.17. The molecule has 1 amide bonds. The van der Waals surface area contributed by atoms with Crippen LogP contribution in [-0.4, -0.2) is 40.9 Å². The lowest BCUT2D eigenvalue weighted by Gasteiger charge is -2.12. The first kappa shape index (κ1) is 21.2. The number of aromatic nitrogens is 2. The Morgan fingerprint density at radius 2 is 2.00 bits per heavy atom. The SMILES string of the molecule is CC(=O)c1cccc(-c2cc(CCNC(=O)O)cn2S(=O)(=O)c2cccnc2)c1F. The third-order valence-electron chi connectivity index (χ3n) is 4.38. The van der Waals surface area contributed by atoms with Gasteiger partial charge in [0.05, 0.1) is 11.3 Å². The number of hydrogen-bond acceptors (Lipinski definition) is 5. The molecule has 0 saturated carbocycles. The summed E-state index contributed by atoms with van der Waals surface area (Å²) in [6, 6.07) is 8.45. The van der Waals surface area contributed by atoms with Crippen LogP contribution in [-0.2, 0) is 16.4 Å². The molecule has 0 aliphatic carbocycles. The fraction of sp³-hybridized carbons (Fsp3) is 0.150. The Bertz CT molecular complexity index is 1210. The lowest BCUT2D eigenvalue weighted by molar-refractivity contribution is 0.101. The van der Waals surface area contributed by atoms with Gasteiger partial charge in [0.25, 0.3) is 10.0 Å². The molecule has 0 aliphatic heterocycles. The van der Waals surface area contributed by atoms with Gasteiger partial charge in [0.1, 0.15) is 10.7 Å². The average molecular weight is 431 g/mol. The maximum absolute atomic E-state index is 15.0. The van der Waals surface area contributed by atoms with Crippen molar-refractivity contribution in [3.8, 4) is 11.3 Å². The summed E-state index contributed by atoms with van der Waals surface area (Å²) in [7, 11) is -4.12. The van der Waals surface area contributed by atoms with Crippen LogP contribution in [0.3, 0.4) is 0 Å². The number of carboxylic acid groups (broad SMARTS) is 1. The molecule has 2 heterocycles. The number of hydrogen-bond donors (Lipinski definition) is 2. The lowest BCUT2D eigenvalue weighted by atomic mass is 10.0. The zero-order valence-electron chi connectivity index (χ0n) is 15.9. The molecular weight excluding hydrogens is 413 g/mol. The van der Waals surface area contributed by atoms with Crippen molar-refractivity contribution >= 4 is 21.9 Å². The van der Waals surface area contributed by atoms with Gasteiger partial charge in [0, 0.05) is 30.7 Å². The van der Waals surface area contributed by atoms with E-state index in [1.165, 1.54) is 61.9 Å². The monoisotopic (exact) mass is 431 g/mol. The molecular formula is C20H18FN3O5S. The molecule has 0 saturated heterocycles. The van der Waals surface area contributed by atoms with Crippen molar-refractivity contribution in [2.45, 2.75) is 18.2 Å². The molecule has 0 unspecified atom stereocenters. The third kappa shape index (κ3) is 4.23. The Morgan fingerprint density at radius 3 is 2.63 bits per heavy atom. The molecule has 3 aromatic rings. The van der Waals surface area contributed by atoms with Crippen LogP contribution < -0.4 is 5.32 Å². The number of carbonyl (C=O) groups is 2. The minimum atomic E-state index is -4.12. The van der Waals surface area contributed by atoms with E-state index in [1.807, 2.05) is 0 Å². The van der Waals surface area contributed by atoms with Crippen molar-refractivity contribution < 1.29 is 27.5 Å². The summed E-state index contributed by atoms with van der Waals surface area (Å²) in [5.41, 5.74) is 0.268. The third-order valence-corrected chi connectivity index (χ3v) is 6.03. The molecule has 0 spiro atoms. The van der Waals surface area contributed by atoms with E-state index in [0.717, 1.165) is 3.97 Å². The number of carbonyl (C=O) groups excluding carboxylic acids is 1. The molecule has 0 bridgehead atoms. The quantitative estimate of drug-likeness (QED) is 0.555. The Hall–Kier alpha value is -3.53. The number of pyridine rings is 1. The minimum Gasteiger partial charge on any atom is -0.465 e. The summed E-state index contributed by atoms with van der Waals surface area (Å²) >= 11 is 0. The number of rotatable bonds is 7. The van der Waals surface area contributed by atoms with E-state index < -0.39 is 27.7 Å². The Morgan fingerprint density at radius 1 is 1.23 bits per heavy atom. The second kappa shape index (κ2) is 8.46. The average Bonchev–Trinajstić information content (AvgIpc) is 3.13. The summed E-state index contributed by atoms with van der Waals surface area (Å²) in [6.45, 7) is 1.26. The van der Waals surface area contributed by atoms with E-state index in [0.29, 0.717) is 5.56 Å². The number of Topliss-reactive ketones (excluding diaryl/α,β-unsaturated/α-hetero) is 1. The number of nitrogens with one attached hydrogen (secondary N) is 1. The second-order valence-electron chi connectivity index (χ2n) is 6.43. The van der Waals surface area contributed by atoms with Gasteiger partial charge < -0.3 is 10.4 Å². The number of amides is 1. The van der Waals surface area contributed by atoms with Crippen LogP contribution >= 0.6 is 0 Å². The van der Waals surface area contributed by atoms with E-state index in [9.17, 15) is 18.0 Å². The van der Waals surface area contributed by atoms with Gasteiger partial charge in [-0.2, -0.15) is 0 Å². The molecule has 156 valence electrons. The molecule has 8 nitrogen and oxygen atoms in total. The van der Waals surface area contributed by atoms with Crippen molar-refractivity contribution in [2.24, 2.45) is 0 Å². The number of halogens is 1. The van der Waals surface area contributed by atoms with Crippen LogP contribution in [0.1, 0.15) is 22.8 Å². The molecule has 10 heteroatoms. The van der Waals surface area contributed by atoms with Gasteiger partial charge >= 0.3 is 6.09 Å². The van der Waals surface area contributed by atoms with Crippen LogP contribution in [0.5, 0.6) is 0 Å². The van der Waals surface area contributed by atoms with Crippen molar-refractivity contribution in [3.63, 3.8) is 0 Å². The molecule has 30 heavy (non-hydrogen) atoms. The lowest BCUT2D eigenvalue weighted by Crippen LogP contribution is -2.23. The van der Waals surface area contributed by atoms with Crippen molar-refractivity contribution in [1.82, 2.24) is 14.3 Å². The maximum Gasteiger partial charge on any atom is 0.404 e. The summed E-state index contributed by atoms with van der Waals surface area (Å²) in [5.74, 6) is -1.32. The highest BCUT2D eigenvalue weighted by atomic mass is 32.2. The fourth-order valence-electron chi connectivity index (χ4n) is 2.96. The number of ketones is 1. The first-order chi connectivity index (χ1) is 14.2. The smallest absolute Gasteiger partial charge is 0.404 e. The molecule has 2 N–H and O–H groups in total. The van der Waals surface area contributed by atoms with Crippen LogP contribution in [0.4, 0.5) is 9.18 Å². The van der Waals surface area contributed by atoms with Crippen LogP contribution in [0.15, 0.2) is 59.9 Å². The Labute approximate surface area is 172 Å². The van der Waals surface area contributed by atoms with Crippen molar-refractivity contribution in [2.75, 3.05) is 6.54 Å². The molecule has 0 atom stereocenters. The molecule has 0 radical (unpaired) electrons. The zero-order chi connectivity index (χ0) is 21.9. The van der Waals surface area contributed by atoms with Crippen LogP contribution in [0, 0.1) is 5.82 Å². The van der Waals surface area contributed by atoms with Gasteiger partial charge in [0.15, 0.2) is 5.78 Å². The first-order valence-corrected chi connectivity index (χ1v) is 10.3. The number of benzene rings is 1. The minimum absolute atomic E-state index is 0.0183. The van der Waals surface area contributed by atoms with Gasteiger partial charge in [-0.15, -0.1) is 0 Å². The topological polar surface area (TPSA) is 118 Å².